The van der Waals surface area contributed by atoms with Gasteiger partial charge in [0.2, 0.25) is 0 Å². The largest absolute Gasteiger partial charge is 0.496 e. The van der Waals surface area contributed by atoms with E-state index in [4.69, 9.17) is 30.8 Å². The van der Waals surface area contributed by atoms with Crippen LogP contribution < -0.4 is 19.8 Å². The standard InChI is InChI=1S/C34H30BrClN4O6/c1-19(2)25-16-26(20(3)14-28(25)44-4)33-38-27-9-7-6-8-24(27)34(41)39(33)37-17-22-15-29(45-5)32(31(36)30(22)35)46-18-21-10-12-23(13-11-21)40(42)43/h6-17,19H,18H2,1-5H3. The molecular formula is C34H30BrClN4O6. The number of hydrogen-bond acceptors (Lipinski definition) is 8. The number of nitro benzene ring substituents is 1. The topological polar surface area (TPSA) is 118 Å². The summed E-state index contributed by atoms with van der Waals surface area (Å²) in [5.74, 6) is 1.89. The van der Waals surface area contributed by atoms with Gasteiger partial charge >= 0.3 is 0 Å². The molecule has 0 saturated heterocycles. The van der Waals surface area contributed by atoms with Crippen LogP contribution >= 0.6 is 27.5 Å². The summed E-state index contributed by atoms with van der Waals surface area (Å²) in [5.41, 5.74) is 4.01. The minimum atomic E-state index is -0.464. The van der Waals surface area contributed by atoms with Crippen LogP contribution in [0.5, 0.6) is 17.2 Å². The maximum Gasteiger partial charge on any atom is 0.282 e. The molecule has 0 aliphatic heterocycles. The molecule has 0 aliphatic carbocycles. The fourth-order valence-electron chi connectivity index (χ4n) is 4.95. The maximum atomic E-state index is 13.9. The van der Waals surface area contributed by atoms with Crippen LogP contribution in [0.1, 0.15) is 42.0 Å². The van der Waals surface area contributed by atoms with Gasteiger partial charge in [-0.2, -0.15) is 9.78 Å². The summed E-state index contributed by atoms with van der Waals surface area (Å²) in [6.45, 7) is 6.18. The number of para-hydroxylation sites is 1. The molecule has 1 heterocycles. The van der Waals surface area contributed by atoms with E-state index in [0.29, 0.717) is 38.1 Å². The van der Waals surface area contributed by atoms with Crippen LogP contribution in [0.25, 0.3) is 22.3 Å². The maximum absolute atomic E-state index is 13.9. The van der Waals surface area contributed by atoms with Gasteiger partial charge in [0.05, 0.1) is 36.3 Å². The molecule has 0 unspecified atom stereocenters. The van der Waals surface area contributed by atoms with Gasteiger partial charge < -0.3 is 14.2 Å². The first kappa shape index (κ1) is 32.6. The Morgan fingerprint density at radius 2 is 1.76 bits per heavy atom. The van der Waals surface area contributed by atoms with E-state index in [2.05, 4.69) is 34.9 Å². The van der Waals surface area contributed by atoms with Gasteiger partial charge in [-0.3, -0.25) is 14.9 Å². The molecule has 0 amide bonds. The van der Waals surface area contributed by atoms with Crippen LogP contribution in [-0.4, -0.2) is 35.0 Å². The summed E-state index contributed by atoms with van der Waals surface area (Å²) in [4.78, 5) is 29.3. The molecule has 0 N–H and O–H groups in total. The number of aromatic nitrogens is 2. The highest BCUT2D eigenvalue weighted by Gasteiger charge is 2.20. The summed E-state index contributed by atoms with van der Waals surface area (Å²) in [7, 11) is 3.12. The minimum Gasteiger partial charge on any atom is -0.496 e. The number of ether oxygens (including phenoxy) is 3. The molecule has 0 atom stereocenters. The van der Waals surface area contributed by atoms with Crippen LogP contribution in [0.3, 0.4) is 0 Å². The average molecular weight is 706 g/mol. The third kappa shape index (κ3) is 6.47. The molecule has 0 aliphatic rings. The predicted octanol–water partition coefficient (Wildman–Crippen LogP) is 8.30. The van der Waals surface area contributed by atoms with E-state index in [-0.39, 0.29) is 34.5 Å². The third-order valence-electron chi connectivity index (χ3n) is 7.41. The van der Waals surface area contributed by atoms with Gasteiger partial charge in [-0.25, -0.2) is 4.98 Å². The van der Waals surface area contributed by atoms with E-state index < -0.39 is 4.92 Å². The summed E-state index contributed by atoms with van der Waals surface area (Å²) < 4.78 is 18.9. The summed E-state index contributed by atoms with van der Waals surface area (Å²) >= 11 is 10.3. The van der Waals surface area contributed by atoms with Gasteiger partial charge in [-0.15, -0.1) is 0 Å². The van der Waals surface area contributed by atoms with Crippen molar-refractivity contribution in [2.75, 3.05) is 14.2 Å². The van der Waals surface area contributed by atoms with Crippen LogP contribution in [0, 0.1) is 17.0 Å². The van der Waals surface area contributed by atoms with E-state index in [1.807, 2.05) is 25.1 Å². The highest BCUT2D eigenvalue weighted by molar-refractivity contribution is 9.10. The summed E-state index contributed by atoms with van der Waals surface area (Å²) in [6.07, 6.45) is 1.50. The molecule has 0 saturated carbocycles. The Kier molecular flexibility index (Phi) is 9.74. The summed E-state index contributed by atoms with van der Waals surface area (Å²) in [6, 6.07) is 18.8. The first-order chi connectivity index (χ1) is 22.0. The lowest BCUT2D eigenvalue weighted by Crippen LogP contribution is -2.21. The molecule has 1 aromatic heterocycles. The number of fused-ring (bicyclic) bond motifs is 1. The number of aryl methyl sites for hydroxylation is 1. The number of hydrogen-bond donors (Lipinski definition) is 0. The number of nitro groups is 1. The second kappa shape index (κ2) is 13.7. The molecule has 5 aromatic rings. The Labute approximate surface area is 278 Å². The average Bonchev–Trinajstić information content (AvgIpc) is 3.05. The number of benzene rings is 4. The SMILES string of the molecule is COc1cc(C)c(-c2nc3ccccc3c(=O)n2N=Cc2cc(OC)c(OCc3ccc([N+](=O)[O-])cc3)c(Cl)c2Br)cc1C(C)C. The van der Waals surface area contributed by atoms with Crippen LogP contribution in [0.2, 0.25) is 5.02 Å². The fraction of sp³-hybridized carbons (Fsp3) is 0.206. The monoisotopic (exact) mass is 704 g/mol. The Balaban J connectivity index is 1.58. The van der Waals surface area contributed by atoms with Crippen molar-refractivity contribution < 1.29 is 19.1 Å². The van der Waals surface area contributed by atoms with E-state index in [1.54, 1.807) is 43.5 Å². The molecule has 236 valence electrons. The Hall–Kier alpha value is -4.74. The van der Waals surface area contributed by atoms with Crippen LogP contribution in [0.15, 0.2) is 81.1 Å². The molecule has 0 radical (unpaired) electrons. The molecule has 0 spiro atoms. The number of rotatable bonds is 10. The number of nitrogens with zero attached hydrogens (tertiary/aromatic N) is 4. The van der Waals surface area contributed by atoms with Gasteiger partial charge in [0.1, 0.15) is 17.4 Å². The van der Waals surface area contributed by atoms with Crippen molar-refractivity contribution in [2.24, 2.45) is 5.10 Å². The fourth-order valence-corrected chi connectivity index (χ4v) is 5.60. The van der Waals surface area contributed by atoms with Gasteiger partial charge in [0.15, 0.2) is 17.3 Å². The predicted molar refractivity (Wildman–Crippen MR) is 183 cm³/mol. The van der Waals surface area contributed by atoms with Gasteiger partial charge in [0.25, 0.3) is 11.2 Å². The third-order valence-corrected chi connectivity index (χ3v) is 8.86. The zero-order valence-corrected chi connectivity index (χ0v) is 28.0. The minimum absolute atomic E-state index is 0.0165. The second-order valence-corrected chi connectivity index (χ2v) is 11.9. The lowest BCUT2D eigenvalue weighted by Gasteiger charge is -2.17. The zero-order chi connectivity index (χ0) is 33.1. The molecule has 4 aromatic carbocycles. The Morgan fingerprint density at radius 1 is 1.07 bits per heavy atom. The van der Waals surface area contributed by atoms with Crippen molar-refractivity contribution in [3.05, 3.63) is 119 Å². The highest BCUT2D eigenvalue weighted by Crippen LogP contribution is 2.42. The summed E-state index contributed by atoms with van der Waals surface area (Å²) in [5, 5.41) is 16.2. The van der Waals surface area contributed by atoms with Gasteiger partial charge in [-0.1, -0.05) is 37.6 Å². The van der Waals surface area contributed by atoms with Crippen molar-refractivity contribution >= 4 is 50.3 Å². The molecule has 12 heteroatoms. The smallest absolute Gasteiger partial charge is 0.282 e. The van der Waals surface area contributed by atoms with Crippen LogP contribution in [0.4, 0.5) is 5.69 Å². The highest BCUT2D eigenvalue weighted by atomic mass is 79.9. The van der Waals surface area contributed by atoms with E-state index >= 15 is 0 Å². The van der Waals surface area contributed by atoms with Crippen molar-refractivity contribution in [3.63, 3.8) is 0 Å². The van der Waals surface area contributed by atoms with Crippen molar-refractivity contribution in [1.82, 2.24) is 9.66 Å². The lowest BCUT2D eigenvalue weighted by atomic mass is 9.96. The number of halogens is 2. The molecule has 5 rings (SSSR count). The number of methoxy groups -OCH3 is 2. The number of non-ortho nitro benzene ring substituents is 1. The molecule has 0 fully saturated rings. The molecule has 46 heavy (non-hydrogen) atoms. The van der Waals surface area contributed by atoms with Gasteiger partial charge in [-0.05, 0) is 87.9 Å². The van der Waals surface area contributed by atoms with E-state index in [0.717, 1.165) is 22.4 Å². The normalized spacial score (nSPS) is 11.4. The van der Waals surface area contributed by atoms with Crippen molar-refractivity contribution in [3.8, 4) is 28.6 Å². The zero-order valence-electron chi connectivity index (χ0n) is 25.7. The van der Waals surface area contributed by atoms with Crippen LogP contribution in [-0.2, 0) is 6.61 Å². The van der Waals surface area contributed by atoms with Crippen molar-refractivity contribution in [1.29, 1.82) is 0 Å². The lowest BCUT2D eigenvalue weighted by molar-refractivity contribution is -0.384. The first-order valence-corrected chi connectivity index (χ1v) is 15.4. The molecule has 10 nitrogen and oxygen atoms in total. The quantitative estimate of drug-likeness (QED) is 0.0815. The second-order valence-electron chi connectivity index (χ2n) is 10.7. The molecular weight excluding hydrogens is 676 g/mol. The van der Waals surface area contributed by atoms with E-state index in [9.17, 15) is 14.9 Å². The Morgan fingerprint density at radius 3 is 2.41 bits per heavy atom. The van der Waals surface area contributed by atoms with Crippen molar-refractivity contribution in [2.45, 2.75) is 33.3 Å². The molecule has 0 bridgehead atoms. The van der Waals surface area contributed by atoms with Gasteiger partial charge in [0, 0.05) is 27.7 Å². The Bertz CT molecular complexity index is 2040. The van der Waals surface area contributed by atoms with E-state index in [1.165, 1.54) is 30.1 Å². The first-order valence-electron chi connectivity index (χ1n) is 14.2.